The molecule has 1 heteroatoms. The maximum Gasteiger partial charge on any atom is -0.00979 e. The molecule has 85 valence electrons. The van der Waals surface area contributed by atoms with Crippen LogP contribution in [0, 0.1) is 6.42 Å². The molecule has 0 fully saturated rings. The Morgan fingerprint density at radius 1 is 0.714 bits per heavy atom. The summed E-state index contributed by atoms with van der Waals surface area (Å²) in [7, 11) is 0. The third kappa shape index (κ3) is 12.3. The largest absolute Gasteiger partial charge is 0.179 e. The first-order chi connectivity index (χ1) is 6.91. The van der Waals surface area contributed by atoms with Crippen molar-refractivity contribution in [1.82, 2.24) is 0 Å². The molecule has 0 saturated heterocycles. The van der Waals surface area contributed by atoms with Crippen LogP contribution in [0.5, 0.6) is 0 Å². The van der Waals surface area contributed by atoms with Crippen LogP contribution in [0.3, 0.4) is 0 Å². The Hall–Kier alpha value is 0.350. The monoisotopic (exact) mass is 215 g/mol. The molecule has 0 amide bonds. The molecule has 0 bridgehead atoms. The van der Waals surface area contributed by atoms with E-state index in [4.69, 9.17) is 0 Å². The second kappa shape index (κ2) is 13.4. The normalized spacial score (nSPS) is 10.7. The molecular formula is C13H27S. The Morgan fingerprint density at radius 2 is 1.14 bits per heavy atom. The second-order valence-corrected chi connectivity index (χ2v) is 4.55. The van der Waals surface area contributed by atoms with E-state index in [1.165, 1.54) is 64.2 Å². The summed E-state index contributed by atoms with van der Waals surface area (Å²) in [4.78, 5) is 0. The van der Waals surface area contributed by atoms with Crippen LogP contribution in [0.25, 0.3) is 0 Å². The fourth-order valence-corrected chi connectivity index (χ4v) is 1.92. The van der Waals surface area contributed by atoms with Gasteiger partial charge in [0.2, 0.25) is 0 Å². The van der Waals surface area contributed by atoms with Crippen molar-refractivity contribution in [3.8, 4) is 0 Å². The molecule has 0 rings (SSSR count). The van der Waals surface area contributed by atoms with Gasteiger partial charge in [0, 0.05) is 0 Å². The molecule has 0 aromatic rings. The summed E-state index contributed by atoms with van der Waals surface area (Å²) in [6, 6.07) is 0. The van der Waals surface area contributed by atoms with E-state index in [-0.39, 0.29) is 0 Å². The minimum absolute atomic E-state index is 1.06. The van der Waals surface area contributed by atoms with Crippen LogP contribution < -0.4 is 0 Å². The molecule has 0 aromatic heterocycles. The van der Waals surface area contributed by atoms with Gasteiger partial charge in [-0.05, 0) is 18.6 Å². The van der Waals surface area contributed by atoms with Crippen LogP contribution in [-0.2, 0) is 0 Å². The number of rotatable bonds is 11. The highest BCUT2D eigenvalue weighted by Crippen LogP contribution is 2.10. The maximum atomic E-state index is 4.21. The average Bonchev–Trinajstić information content (AvgIpc) is 2.21. The van der Waals surface area contributed by atoms with E-state index in [0.717, 1.165) is 5.75 Å². The molecular weight excluding hydrogens is 188 g/mol. The average molecular weight is 215 g/mol. The highest BCUT2D eigenvalue weighted by molar-refractivity contribution is 7.80. The molecule has 14 heavy (non-hydrogen) atoms. The van der Waals surface area contributed by atoms with E-state index in [2.05, 4.69) is 26.0 Å². The molecule has 0 heterocycles. The molecule has 0 aliphatic heterocycles. The quantitative estimate of drug-likeness (QED) is 0.362. The number of hydrogen-bond donors (Lipinski definition) is 1. The van der Waals surface area contributed by atoms with Crippen molar-refractivity contribution in [3.05, 3.63) is 6.42 Å². The summed E-state index contributed by atoms with van der Waals surface area (Å²) in [5.74, 6) is 1.06. The summed E-state index contributed by atoms with van der Waals surface area (Å²) >= 11 is 4.21. The standard InChI is InChI=1S/C13H27S/c1-2-3-4-5-6-7-8-9-10-11-12-13-14/h2,14H,3-13H2,1H3. The van der Waals surface area contributed by atoms with Crippen molar-refractivity contribution in [1.29, 1.82) is 0 Å². The van der Waals surface area contributed by atoms with Gasteiger partial charge in [0.05, 0.1) is 0 Å². The summed E-state index contributed by atoms with van der Waals surface area (Å²) in [5.41, 5.74) is 0. The molecule has 1 radical (unpaired) electrons. The summed E-state index contributed by atoms with van der Waals surface area (Å²) in [6.07, 6.45) is 16.3. The van der Waals surface area contributed by atoms with E-state index in [1.54, 1.807) is 0 Å². The molecule has 0 spiro atoms. The lowest BCUT2D eigenvalue weighted by molar-refractivity contribution is 0.565. The fraction of sp³-hybridized carbons (Fsp3) is 0.923. The Labute approximate surface area is 96.3 Å². The lowest BCUT2D eigenvalue weighted by Crippen LogP contribution is -1.82. The third-order valence-electron chi connectivity index (χ3n) is 2.65. The molecule has 0 aliphatic rings. The number of thiol groups is 1. The Balaban J connectivity index is 2.78. The van der Waals surface area contributed by atoms with Crippen molar-refractivity contribution in [2.75, 3.05) is 5.75 Å². The smallest absolute Gasteiger partial charge is 0.00979 e. The van der Waals surface area contributed by atoms with E-state index in [9.17, 15) is 0 Å². The Morgan fingerprint density at radius 3 is 1.57 bits per heavy atom. The molecule has 0 atom stereocenters. The SMILES string of the molecule is C[CH]CCCCCCCCCCCS. The van der Waals surface area contributed by atoms with E-state index >= 15 is 0 Å². The first kappa shape index (κ1) is 14.3. The number of unbranched alkanes of at least 4 members (excludes halogenated alkanes) is 10. The highest BCUT2D eigenvalue weighted by Gasteiger charge is 1.91. The third-order valence-corrected chi connectivity index (χ3v) is 2.97. The zero-order valence-corrected chi connectivity index (χ0v) is 10.7. The van der Waals surface area contributed by atoms with Gasteiger partial charge >= 0.3 is 0 Å². The molecule has 0 nitrogen and oxygen atoms in total. The highest BCUT2D eigenvalue weighted by atomic mass is 32.1. The zero-order chi connectivity index (χ0) is 10.5. The first-order valence-corrected chi connectivity index (χ1v) is 6.93. The molecule has 0 aromatic carbocycles. The van der Waals surface area contributed by atoms with Crippen LogP contribution in [-0.4, -0.2) is 5.75 Å². The van der Waals surface area contributed by atoms with Gasteiger partial charge in [0.15, 0.2) is 0 Å². The van der Waals surface area contributed by atoms with Gasteiger partial charge in [-0.15, -0.1) is 0 Å². The van der Waals surface area contributed by atoms with E-state index in [1.807, 2.05) is 0 Å². The Kier molecular flexibility index (Phi) is 13.7. The van der Waals surface area contributed by atoms with Gasteiger partial charge in [-0.2, -0.15) is 12.6 Å². The maximum absolute atomic E-state index is 4.21. The van der Waals surface area contributed by atoms with Crippen LogP contribution >= 0.6 is 12.6 Å². The lowest BCUT2D eigenvalue weighted by atomic mass is 10.1. The lowest BCUT2D eigenvalue weighted by Gasteiger charge is -2.01. The molecule has 0 unspecified atom stereocenters. The van der Waals surface area contributed by atoms with Gasteiger partial charge in [0.25, 0.3) is 0 Å². The van der Waals surface area contributed by atoms with E-state index < -0.39 is 0 Å². The molecule has 0 saturated carbocycles. The topological polar surface area (TPSA) is 0 Å². The number of hydrogen-bond acceptors (Lipinski definition) is 1. The van der Waals surface area contributed by atoms with Crippen LogP contribution in [0.1, 0.15) is 71.1 Å². The van der Waals surface area contributed by atoms with Crippen molar-refractivity contribution >= 4 is 12.6 Å². The van der Waals surface area contributed by atoms with Crippen molar-refractivity contribution < 1.29 is 0 Å². The summed E-state index contributed by atoms with van der Waals surface area (Å²) < 4.78 is 0. The van der Waals surface area contributed by atoms with Gasteiger partial charge in [-0.25, -0.2) is 0 Å². The summed E-state index contributed by atoms with van der Waals surface area (Å²) in [6.45, 7) is 2.15. The van der Waals surface area contributed by atoms with Crippen molar-refractivity contribution in [2.45, 2.75) is 71.1 Å². The van der Waals surface area contributed by atoms with Gasteiger partial charge < -0.3 is 0 Å². The minimum Gasteiger partial charge on any atom is -0.179 e. The second-order valence-electron chi connectivity index (χ2n) is 4.10. The van der Waals surface area contributed by atoms with Gasteiger partial charge in [-0.1, -0.05) is 64.7 Å². The van der Waals surface area contributed by atoms with Crippen LogP contribution in [0.15, 0.2) is 0 Å². The van der Waals surface area contributed by atoms with Crippen LogP contribution in [0.2, 0.25) is 0 Å². The van der Waals surface area contributed by atoms with E-state index in [0.29, 0.717) is 0 Å². The van der Waals surface area contributed by atoms with Crippen molar-refractivity contribution in [2.24, 2.45) is 0 Å². The summed E-state index contributed by atoms with van der Waals surface area (Å²) in [5, 5.41) is 0. The Bertz CT molecular complexity index is 79.2. The fourth-order valence-electron chi connectivity index (χ4n) is 1.70. The predicted molar refractivity (Wildman–Crippen MR) is 70.0 cm³/mol. The molecule has 0 N–H and O–H groups in total. The minimum atomic E-state index is 1.06. The predicted octanol–water partition coefficient (Wildman–Crippen LogP) is 5.04. The van der Waals surface area contributed by atoms with Gasteiger partial charge in [0.1, 0.15) is 0 Å². The first-order valence-electron chi connectivity index (χ1n) is 6.30. The van der Waals surface area contributed by atoms with Crippen LogP contribution in [0.4, 0.5) is 0 Å². The zero-order valence-electron chi connectivity index (χ0n) is 9.80. The molecule has 0 aliphatic carbocycles. The van der Waals surface area contributed by atoms with Crippen molar-refractivity contribution in [3.63, 3.8) is 0 Å². The van der Waals surface area contributed by atoms with Gasteiger partial charge in [-0.3, -0.25) is 0 Å².